The highest BCUT2D eigenvalue weighted by molar-refractivity contribution is 7.11. The lowest BCUT2D eigenvalue weighted by molar-refractivity contribution is -0.117. The molecular weight excluding hydrogens is 256 g/mol. The highest BCUT2D eigenvalue weighted by Gasteiger charge is 2.18. The predicted molar refractivity (Wildman–Crippen MR) is 77.7 cm³/mol. The number of nitriles is 1. The number of aryl methyl sites for hydroxylation is 1. The zero-order chi connectivity index (χ0) is 13.7. The van der Waals surface area contributed by atoms with E-state index in [2.05, 4.69) is 5.32 Å². The number of rotatable bonds is 3. The van der Waals surface area contributed by atoms with Crippen molar-refractivity contribution in [1.29, 1.82) is 5.26 Å². The van der Waals surface area contributed by atoms with Gasteiger partial charge in [-0.1, -0.05) is 19.3 Å². The summed E-state index contributed by atoms with van der Waals surface area (Å²) in [5.41, 5.74) is 1.30. The van der Waals surface area contributed by atoms with Crippen LogP contribution in [0.1, 0.15) is 42.5 Å². The maximum absolute atomic E-state index is 12.1. The summed E-state index contributed by atoms with van der Waals surface area (Å²) in [5, 5.41) is 14.1. The van der Waals surface area contributed by atoms with Crippen LogP contribution in [0.4, 0.5) is 0 Å². The normalized spacial score (nSPS) is 16.9. The molecule has 0 aromatic carbocycles. The van der Waals surface area contributed by atoms with E-state index in [9.17, 15) is 4.79 Å². The summed E-state index contributed by atoms with van der Waals surface area (Å²) in [7, 11) is 0. The first-order valence-corrected chi connectivity index (χ1v) is 7.55. The van der Waals surface area contributed by atoms with Crippen molar-refractivity contribution < 1.29 is 4.79 Å². The van der Waals surface area contributed by atoms with Crippen LogP contribution < -0.4 is 5.32 Å². The van der Waals surface area contributed by atoms with Gasteiger partial charge < -0.3 is 5.32 Å². The number of carbonyl (C=O) groups excluding carboxylic acids is 1. The Morgan fingerprint density at radius 2 is 2.21 bits per heavy atom. The summed E-state index contributed by atoms with van der Waals surface area (Å²) in [5.74, 6) is -0.234. The Bertz CT molecular complexity index is 518. The Kier molecular flexibility index (Phi) is 4.75. The molecule has 19 heavy (non-hydrogen) atoms. The second-order valence-corrected chi connectivity index (χ2v) is 5.89. The van der Waals surface area contributed by atoms with E-state index in [0.29, 0.717) is 0 Å². The number of carbonyl (C=O) groups is 1. The van der Waals surface area contributed by atoms with Crippen LogP contribution in [0.15, 0.2) is 17.0 Å². The summed E-state index contributed by atoms with van der Waals surface area (Å²) in [6.07, 6.45) is 7.34. The molecule has 4 heteroatoms. The zero-order valence-corrected chi connectivity index (χ0v) is 11.9. The molecule has 2 rings (SSSR count). The van der Waals surface area contributed by atoms with Crippen LogP contribution in [0.2, 0.25) is 0 Å². The van der Waals surface area contributed by atoms with Gasteiger partial charge >= 0.3 is 0 Å². The number of hydrogen-bond donors (Lipinski definition) is 1. The lowest BCUT2D eigenvalue weighted by Crippen LogP contribution is -2.36. The van der Waals surface area contributed by atoms with Gasteiger partial charge in [-0.3, -0.25) is 4.79 Å². The average molecular weight is 274 g/mol. The van der Waals surface area contributed by atoms with Crippen LogP contribution >= 0.6 is 11.3 Å². The highest BCUT2D eigenvalue weighted by atomic mass is 32.1. The van der Waals surface area contributed by atoms with Crippen molar-refractivity contribution in [3.63, 3.8) is 0 Å². The van der Waals surface area contributed by atoms with E-state index in [1.807, 2.05) is 24.4 Å². The van der Waals surface area contributed by atoms with E-state index in [1.165, 1.54) is 19.3 Å². The third-order valence-corrected chi connectivity index (χ3v) is 4.45. The second kappa shape index (κ2) is 6.53. The monoisotopic (exact) mass is 274 g/mol. The van der Waals surface area contributed by atoms with Crippen molar-refractivity contribution in [2.75, 3.05) is 0 Å². The van der Waals surface area contributed by atoms with Gasteiger partial charge in [0.25, 0.3) is 5.91 Å². The molecule has 1 saturated carbocycles. The van der Waals surface area contributed by atoms with Crippen molar-refractivity contribution in [3.05, 3.63) is 27.5 Å². The first-order chi connectivity index (χ1) is 9.20. The lowest BCUT2D eigenvalue weighted by atomic mass is 9.95. The van der Waals surface area contributed by atoms with E-state index in [-0.39, 0.29) is 17.5 Å². The largest absolute Gasteiger partial charge is 0.349 e. The van der Waals surface area contributed by atoms with Crippen molar-refractivity contribution in [2.45, 2.75) is 45.1 Å². The van der Waals surface area contributed by atoms with Gasteiger partial charge in [-0.15, -0.1) is 11.3 Å². The Morgan fingerprint density at radius 3 is 2.79 bits per heavy atom. The van der Waals surface area contributed by atoms with Crippen LogP contribution in [0.5, 0.6) is 0 Å². The fourth-order valence-electron chi connectivity index (χ4n) is 2.32. The van der Waals surface area contributed by atoms with Crippen LogP contribution in [-0.4, -0.2) is 11.9 Å². The Balaban J connectivity index is 2.05. The Hall–Kier alpha value is -1.60. The Labute approximate surface area is 117 Å². The summed E-state index contributed by atoms with van der Waals surface area (Å²) in [6.45, 7) is 1.98. The molecule has 1 aromatic rings. The number of nitrogens with one attached hydrogen (secondary N) is 1. The van der Waals surface area contributed by atoms with Gasteiger partial charge in [0.1, 0.15) is 11.6 Å². The molecule has 1 aliphatic rings. The van der Waals surface area contributed by atoms with Crippen molar-refractivity contribution >= 4 is 23.3 Å². The van der Waals surface area contributed by atoms with Gasteiger partial charge in [0.2, 0.25) is 0 Å². The van der Waals surface area contributed by atoms with Crippen LogP contribution in [0.25, 0.3) is 6.08 Å². The number of nitrogens with zero attached hydrogens (tertiary/aromatic N) is 1. The van der Waals surface area contributed by atoms with E-state index in [1.54, 1.807) is 17.4 Å². The summed E-state index contributed by atoms with van der Waals surface area (Å²) >= 11 is 1.55. The topological polar surface area (TPSA) is 52.9 Å². The molecule has 0 atom stereocenters. The van der Waals surface area contributed by atoms with Gasteiger partial charge in [-0.25, -0.2) is 0 Å². The smallest absolute Gasteiger partial charge is 0.262 e. The third-order valence-electron chi connectivity index (χ3n) is 3.48. The van der Waals surface area contributed by atoms with E-state index in [0.717, 1.165) is 23.3 Å². The van der Waals surface area contributed by atoms with Gasteiger partial charge in [0.05, 0.1) is 0 Å². The Morgan fingerprint density at radius 1 is 1.47 bits per heavy atom. The maximum atomic E-state index is 12.1. The predicted octanol–water partition coefficient (Wildman–Crippen LogP) is 3.41. The third kappa shape index (κ3) is 3.68. The number of hydrogen-bond acceptors (Lipinski definition) is 3. The molecule has 0 spiro atoms. The van der Waals surface area contributed by atoms with Gasteiger partial charge in [-0.2, -0.15) is 5.26 Å². The fraction of sp³-hybridized carbons (Fsp3) is 0.467. The minimum atomic E-state index is -0.234. The lowest BCUT2D eigenvalue weighted by Gasteiger charge is -2.22. The number of thiophene rings is 1. The molecule has 1 aromatic heterocycles. The minimum Gasteiger partial charge on any atom is -0.349 e. The SMILES string of the molecule is Cc1ccsc1C=C(C#N)C(=O)NC1CCCCC1. The molecule has 1 fully saturated rings. The van der Waals surface area contributed by atoms with E-state index in [4.69, 9.17) is 5.26 Å². The second-order valence-electron chi connectivity index (χ2n) is 4.95. The highest BCUT2D eigenvalue weighted by Crippen LogP contribution is 2.20. The van der Waals surface area contributed by atoms with Crippen molar-refractivity contribution in [1.82, 2.24) is 5.32 Å². The quantitative estimate of drug-likeness (QED) is 0.678. The first-order valence-electron chi connectivity index (χ1n) is 6.67. The van der Waals surface area contributed by atoms with Gasteiger partial charge in [0, 0.05) is 10.9 Å². The molecule has 100 valence electrons. The van der Waals surface area contributed by atoms with Crippen molar-refractivity contribution in [3.8, 4) is 6.07 Å². The first kappa shape index (κ1) is 13.8. The molecule has 0 bridgehead atoms. The molecular formula is C15H18N2OS. The standard InChI is InChI=1S/C15H18N2OS/c1-11-7-8-19-14(11)9-12(10-16)15(18)17-13-5-3-2-4-6-13/h7-9,13H,2-6H2,1H3,(H,17,18). The molecule has 1 N–H and O–H groups in total. The summed E-state index contributed by atoms with van der Waals surface area (Å²) in [6, 6.07) is 4.24. The molecule has 1 amide bonds. The molecule has 0 radical (unpaired) electrons. The van der Waals surface area contributed by atoms with Crippen LogP contribution in [0, 0.1) is 18.3 Å². The molecule has 3 nitrogen and oxygen atoms in total. The zero-order valence-electron chi connectivity index (χ0n) is 11.1. The molecule has 0 unspecified atom stereocenters. The van der Waals surface area contributed by atoms with Gasteiger partial charge in [0.15, 0.2) is 0 Å². The summed E-state index contributed by atoms with van der Waals surface area (Å²) in [4.78, 5) is 13.1. The minimum absolute atomic E-state index is 0.205. The van der Waals surface area contributed by atoms with Crippen LogP contribution in [-0.2, 0) is 4.79 Å². The van der Waals surface area contributed by atoms with E-state index >= 15 is 0 Å². The van der Waals surface area contributed by atoms with Gasteiger partial charge in [-0.05, 0) is 42.9 Å². The maximum Gasteiger partial charge on any atom is 0.262 e. The molecule has 0 aliphatic heterocycles. The fourth-order valence-corrected chi connectivity index (χ4v) is 3.18. The number of amides is 1. The molecule has 1 aliphatic carbocycles. The van der Waals surface area contributed by atoms with E-state index < -0.39 is 0 Å². The average Bonchev–Trinajstić information content (AvgIpc) is 2.82. The summed E-state index contributed by atoms with van der Waals surface area (Å²) < 4.78 is 0. The van der Waals surface area contributed by atoms with Crippen LogP contribution in [0.3, 0.4) is 0 Å². The molecule has 1 heterocycles. The molecule has 0 saturated heterocycles. The van der Waals surface area contributed by atoms with Crippen molar-refractivity contribution in [2.24, 2.45) is 0 Å².